The lowest BCUT2D eigenvalue weighted by atomic mass is 10.3. The second kappa shape index (κ2) is 5.14. The SMILES string of the molecule is CN(Cc1cnn(C)c1)CC(Cl)C(=O)O. The zero-order valence-electron chi connectivity index (χ0n) is 8.72. The number of carbonyl (C=O) groups is 1. The summed E-state index contributed by atoms with van der Waals surface area (Å²) < 4.78 is 1.71. The lowest BCUT2D eigenvalue weighted by molar-refractivity contribution is -0.136. The average molecular weight is 232 g/mol. The Kier molecular flexibility index (Phi) is 4.11. The summed E-state index contributed by atoms with van der Waals surface area (Å²) >= 11 is 5.62. The van der Waals surface area contributed by atoms with Gasteiger partial charge < -0.3 is 5.11 Å². The molecule has 0 radical (unpaired) electrons. The predicted molar refractivity (Wildman–Crippen MR) is 56.8 cm³/mol. The Balaban J connectivity index is 2.42. The summed E-state index contributed by atoms with van der Waals surface area (Å²) in [5, 5.41) is 11.8. The molecule has 1 atom stereocenters. The van der Waals surface area contributed by atoms with E-state index >= 15 is 0 Å². The largest absolute Gasteiger partial charge is 0.480 e. The van der Waals surface area contributed by atoms with Crippen molar-refractivity contribution >= 4 is 17.6 Å². The van der Waals surface area contributed by atoms with E-state index in [1.807, 2.05) is 25.2 Å². The number of aromatic nitrogens is 2. The third-order valence-corrected chi connectivity index (χ3v) is 2.28. The molecule has 1 heterocycles. The molecule has 0 aliphatic rings. The molecule has 0 aliphatic heterocycles. The molecule has 1 unspecified atom stereocenters. The monoisotopic (exact) mass is 231 g/mol. The van der Waals surface area contributed by atoms with Gasteiger partial charge in [0.1, 0.15) is 5.38 Å². The summed E-state index contributed by atoms with van der Waals surface area (Å²) in [4.78, 5) is 12.4. The molecule has 84 valence electrons. The van der Waals surface area contributed by atoms with Crippen molar-refractivity contribution in [1.82, 2.24) is 14.7 Å². The van der Waals surface area contributed by atoms with E-state index in [1.54, 1.807) is 10.9 Å². The fraction of sp³-hybridized carbons (Fsp3) is 0.556. The number of nitrogens with zero attached hydrogens (tertiary/aromatic N) is 3. The zero-order valence-corrected chi connectivity index (χ0v) is 9.48. The van der Waals surface area contributed by atoms with E-state index in [2.05, 4.69) is 5.10 Å². The highest BCUT2D eigenvalue weighted by atomic mass is 35.5. The van der Waals surface area contributed by atoms with Crippen LogP contribution in [-0.4, -0.2) is 44.7 Å². The van der Waals surface area contributed by atoms with Gasteiger partial charge in [-0.05, 0) is 7.05 Å². The van der Waals surface area contributed by atoms with Gasteiger partial charge >= 0.3 is 5.97 Å². The summed E-state index contributed by atoms with van der Waals surface area (Å²) in [6, 6.07) is 0. The van der Waals surface area contributed by atoms with Crippen LogP contribution in [0, 0.1) is 0 Å². The van der Waals surface area contributed by atoms with Crippen molar-refractivity contribution in [2.24, 2.45) is 7.05 Å². The summed E-state index contributed by atoms with van der Waals surface area (Å²) in [5.74, 6) is -0.991. The van der Waals surface area contributed by atoms with Gasteiger partial charge in [-0.3, -0.25) is 14.4 Å². The topological polar surface area (TPSA) is 58.4 Å². The van der Waals surface area contributed by atoms with Crippen molar-refractivity contribution in [3.05, 3.63) is 18.0 Å². The van der Waals surface area contributed by atoms with Gasteiger partial charge in [-0.2, -0.15) is 5.10 Å². The van der Waals surface area contributed by atoms with Crippen molar-refractivity contribution in [2.45, 2.75) is 11.9 Å². The van der Waals surface area contributed by atoms with Crippen LogP contribution in [0.2, 0.25) is 0 Å². The van der Waals surface area contributed by atoms with Gasteiger partial charge in [-0.1, -0.05) is 0 Å². The molecular weight excluding hydrogens is 218 g/mol. The Morgan fingerprint density at radius 1 is 1.80 bits per heavy atom. The molecule has 0 aromatic carbocycles. The molecule has 1 rings (SSSR count). The molecule has 1 aromatic rings. The number of carboxylic acid groups (broad SMARTS) is 1. The minimum absolute atomic E-state index is 0.311. The molecule has 0 saturated carbocycles. The first kappa shape index (κ1) is 12.0. The molecule has 0 amide bonds. The Morgan fingerprint density at radius 3 is 2.93 bits per heavy atom. The molecule has 0 aliphatic carbocycles. The molecule has 15 heavy (non-hydrogen) atoms. The predicted octanol–water partition coefficient (Wildman–Crippen LogP) is 0.544. The first-order valence-electron chi connectivity index (χ1n) is 4.52. The molecule has 0 fully saturated rings. The van der Waals surface area contributed by atoms with E-state index < -0.39 is 11.3 Å². The quantitative estimate of drug-likeness (QED) is 0.752. The van der Waals surface area contributed by atoms with E-state index in [0.717, 1.165) is 5.56 Å². The van der Waals surface area contributed by atoms with Crippen LogP contribution in [0.3, 0.4) is 0 Å². The summed E-state index contributed by atoms with van der Waals surface area (Å²) in [5.41, 5.74) is 1.04. The van der Waals surface area contributed by atoms with Crippen LogP contribution in [0.4, 0.5) is 0 Å². The number of carboxylic acids is 1. The van der Waals surface area contributed by atoms with Crippen LogP contribution in [0.15, 0.2) is 12.4 Å². The molecule has 5 nitrogen and oxygen atoms in total. The van der Waals surface area contributed by atoms with Crippen LogP contribution in [-0.2, 0) is 18.4 Å². The summed E-state index contributed by atoms with van der Waals surface area (Å²) in [7, 11) is 3.66. The Morgan fingerprint density at radius 2 is 2.47 bits per heavy atom. The number of aliphatic carboxylic acids is 1. The highest BCUT2D eigenvalue weighted by Gasteiger charge is 2.16. The first-order valence-corrected chi connectivity index (χ1v) is 4.95. The van der Waals surface area contributed by atoms with Crippen LogP contribution in [0.5, 0.6) is 0 Å². The number of rotatable bonds is 5. The van der Waals surface area contributed by atoms with E-state index in [-0.39, 0.29) is 0 Å². The van der Waals surface area contributed by atoms with Gasteiger partial charge in [-0.25, -0.2) is 0 Å². The molecule has 0 spiro atoms. The van der Waals surface area contributed by atoms with Crippen LogP contribution >= 0.6 is 11.6 Å². The van der Waals surface area contributed by atoms with Crippen LogP contribution in [0.1, 0.15) is 5.56 Å². The second-order valence-corrected chi connectivity index (χ2v) is 4.05. The van der Waals surface area contributed by atoms with Crippen LogP contribution in [0.25, 0.3) is 0 Å². The fourth-order valence-electron chi connectivity index (χ4n) is 1.28. The molecule has 1 N–H and O–H groups in total. The highest BCUT2D eigenvalue weighted by Crippen LogP contribution is 2.04. The average Bonchev–Trinajstić information content (AvgIpc) is 2.50. The Labute approximate surface area is 93.2 Å². The van der Waals surface area contributed by atoms with E-state index in [1.165, 1.54) is 0 Å². The fourth-order valence-corrected chi connectivity index (χ4v) is 1.52. The number of hydrogen-bond donors (Lipinski definition) is 1. The number of hydrogen-bond acceptors (Lipinski definition) is 3. The minimum atomic E-state index is -0.991. The summed E-state index contributed by atoms with van der Waals surface area (Å²) in [6.45, 7) is 0.954. The van der Waals surface area contributed by atoms with E-state index in [9.17, 15) is 4.79 Å². The van der Waals surface area contributed by atoms with Gasteiger partial charge in [0, 0.05) is 31.9 Å². The smallest absolute Gasteiger partial charge is 0.322 e. The zero-order chi connectivity index (χ0) is 11.4. The van der Waals surface area contributed by atoms with Crippen molar-refractivity contribution in [2.75, 3.05) is 13.6 Å². The lowest BCUT2D eigenvalue weighted by Crippen LogP contribution is -2.30. The van der Waals surface area contributed by atoms with Gasteiger partial charge in [0.25, 0.3) is 0 Å². The molecular formula is C9H14ClN3O2. The molecule has 1 aromatic heterocycles. The highest BCUT2D eigenvalue weighted by molar-refractivity contribution is 6.29. The minimum Gasteiger partial charge on any atom is -0.480 e. The van der Waals surface area contributed by atoms with Gasteiger partial charge in [-0.15, -0.1) is 11.6 Å². The molecule has 0 saturated heterocycles. The van der Waals surface area contributed by atoms with Crippen molar-refractivity contribution < 1.29 is 9.90 Å². The van der Waals surface area contributed by atoms with Gasteiger partial charge in [0.15, 0.2) is 0 Å². The first-order chi connectivity index (χ1) is 6.99. The van der Waals surface area contributed by atoms with Crippen molar-refractivity contribution in [3.8, 4) is 0 Å². The molecule has 6 heteroatoms. The molecule has 0 bridgehead atoms. The summed E-state index contributed by atoms with van der Waals surface area (Å²) in [6.07, 6.45) is 3.64. The number of halogens is 1. The van der Waals surface area contributed by atoms with Gasteiger partial charge in [0.05, 0.1) is 6.20 Å². The van der Waals surface area contributed by atoms with Crippen LogP contribution < -0.4 is 0 Å². The lowest BCUT2D eigenvalue weighted by Gasteiger charge is -2.16. The van der Waals surface area contributed by atoms with E-state index in [0.29, 0.717) is 13.1 Å². The van der Waals surface area contributed by atoms with Crippen molar-refractivity contribution in [3.63, 3.8) is 0 Å². The standard InChI is InChI=1S/C9H14ClN3O2/c1-12(6-8(10)9(14)15)4-7-3-11-13(2)5-7/h3,5,8H,4,6H2,1-2H3,(H,14,15). The Bertz CT molecular complexity index is 340. The third kappa shape index (κ3) is 3.89. The normalized spacial score (nSPS) is 13.1. The maximum atomic E-state index is 10.5. The van der Waals surface area contributed by atoms with Gasteiger partial charge in [0.2, 0.25) is 0 Å². The second-order valence-electron chi connectivity index (χ2n) is 3.52. The third-order valence-electron chi connectivity index (χ3n) is 1.95. The number of aryl methyl sites for hydroxylation is 1. The number of alkyl halides is 1. The maximum absolute atomic E-state index is 10.5. The van der Waals surface area contributed by atoms with Crippen molar-refractivity contribution in [1.29, 1.82) is 0 Å². The Hall–Kier alpha value is -1.07. The van der Waals surface area contributed by atoms with E-state index in [4.69, 9.17) is 16.7 Å². The maximum Gasteiger partial charge on any atom is 0.322 e.